The van der Waals surface area contributed by atoms with Crippen molar-refractivity contribution in [3.63, 3.8) is 0 Å². The van der Waals surface area contributed by atoms with Gasteiger partial charge >= 0.3 is 6.03 Å². The number of urea groups is 1. The van der Waals surface area contributed by atoms with Gasteiger partial charge in [0.25, 0.3) is 0 Å². The molecule has 4 heteroatoms. The van der Waals surface area contributed by atoms with E-state index in [-0.39, 0.29) is 6.03 Å². The highest BCUT2D eigenvalue weighted by molar-refractivity contribution is 5.74. The van der Waals surface area contributed by atoms with Crippen molar-refractivity contribution in [2.24, 2.45) is 0 Å². The fraction of sp³-hybridized carbons (Fsp3) is 0.909. The molecule has 1 unspecified atom stereocenters. The number of nitrogens with one attached hydrogen (secondary N) is 3. The lowest BCUT2D eigenvalue weighted by atomic mass is 9.93. The summed E-state index contributed by atoms with van der Waals surface area (Å²) in [6.45, 7) is 2.00. The van der Waals surface area contributed by atoms with Crippen molar-refractivity contribution in [3.8, 4) is 0 Å². The Bertz CT molecular complexity index is 208. The Kier molecular flexibility index (Phi) is 3.83. The van der Waals surface area contributed by atoms with Crippen LogP contribution >= 0.6 is 0 Å². The summed E-state index contributed by atoms with van der Waals surface area (Å²) in [7, 11) is 0. The molecule has 0 aromatic rings. The van der Waals surface area contributed by atoms with Crippen LogP contribution in [0.4, 0.5) is 4.79 Å². The topological polar surface area (TPSA) is 53.2 Å². The monoisotopic (exact) mass is 211 g/mol. The molecule has 0 aromatic heterocycles. The summed E-state index contributed by atoms with van der Waals surface area (Å²) in [5, 5.41) is 9.39. The van der Waals surface area contributed by atoms with Gasteiger partial charge in [0, 0.05) is 18.6 Å². The molecule has 0 bridgehead atoms. The minimum Gasteiger partial charge on any atom is -0.335 e. The molecule has 1 heterocycles. The molecule has 3 N–H and O–H groups in total. The van der Waals surface area contributed by atoms with Crippen LogP contribution in [0.2, 0.25) is 0 Å². The number of carbonyl (C=O) groups excluding carboxylic acids is 1. The van der Waals surface area contributed by atoms with E-state index in [1.807, 2.05) is 0 Å². The third-order valence-electron chi connectivity index (χ3n) is 3.32. The van der Waals surface area contributed by atoms with Gasteiger partial charge < -0.3 is 16.0 Å². The summed E-state index contributed by atoms with van der Waals surface area (Å²) in [5.74, 6) is 0. The van der Waals surface area contributed by atoms with Crippen LogP contribution in [0, 0.1) is 0 Å². The quantitative estimate of drug-likeness (QED) is 0.638. The van der Waals surface area contributed by atoms with E-state index in [1.165, 1.54) is 19.3 Å². The van der Waals surface area contributed by atoms with E-state index in [0.29, 0.717) is 12.1 Å². The summed E-state index contributed by atoms with van der Waals surface area (Å²) in [6, 6.07) is 0.768. The van der Waals surface area contributed by atoms with Gasteiger partial charge in [-0.05, 0) is 38.6 Å². The predicted molar refractivity (Wildman–Crippen MR) is 59.8 cm³/mol. The van der Waals surface area contributed by atoms with Crippen LogP contribution in [-0.4, -0.2) is 31.2 Å². The van der Waals surface area contributed by atoms with Crippen molar-refractivity contribution < 1.29 is 4.79 Å². The van der Waals surface area contributed by atoms with Gasteiger partial charge in [-0.3, -0.25) is 0 Å². The molecule has 1 saturated heterocycles. The van der Waals surface area contributed by atoms with E-state index in [2.05, 4.69) is 16.0 Å². The number of amides is 2. The molecule has 0 spiro atoms. The van der Waals surface area contributed by atoms with Crippen molar-refractivity contribution in [1.82, 2.24) is 16.0 Å². The molecule has 0 aromatic carbocycles. The van der Waals surface area contributed by atoms with Crippen molar-refractivity contribution in [2.45, 2.75) is 50.6 Å². The second-order valence-electron chi connectivity index (χ2n) is 4.64. The third-order valence-corrected chi connectivity index (χ3v) is 3.32. The lowest BCUT2D eigenvalue weighted by Gasteiger charge is -2.27. The minimum absolute atomic E-state index is 0.0217. The molecular weight excluding hydrogens is 190 g/mol. The zero-order chi connectivity index (χ0) is 10.5. The maximum Gasteiger partial charge on any atom is 0.315 e. The van der Waals surface area contributed by atoms with Crippen molar-refractivity contribution in [2.75, 3.05) is 13.1 Å². The number of carbonyl (C=O) groups is 1. The number of rotatable bonds is 2. The predicted octanol–water partition coefficient (Wildman–Crippen LogP) is 0.980. The van der Waals surface area contributed by atoms with Crippen molar-refractivity contribution in [3.05, 3.63) is 0 Å². The Balaban J connectivity index is 1.67. The fourth-order valence-electron chi connectivity index (χ4n) is 2.11. The van der Waals surface area contributed by atoms with Crippen molar-refractivity contribution in [1.29, 1.82) is 0 Å². The Morgan fingerprint density at radius 1 is 1.00 bits per heavy atom. The van der Waals surface area contributed by atoms with Gasteiger partial charge in [-0.25, -0.2) is 4.79 Å². The largest absolute Gasteiger partial charge is 0.335 e. The molecule has 2 rings (SSSR count). The Labute approximate surface area is 91.2 Å². The molecule has 1 aliphatic carbocycles. The molecule has 2 fully saturated rings. The Morgan fingerprint density at radius 2 is 1.73 bits per heavy atom. The molecule has 2 aliphatic rings. The summed E-state index contributed by atoms with van der Waals surface area (Å²) < 4.78 is 0. The molecule has 1 atom stereocenters. The van der Waals surface area contributed by atoms with Crippen LogP contribution in [-0.2, 0) is 0 Å². The standard InChI is InChI=1S/C11H21N3O/c15-11(13-9-5-3-6-9)14-10-4-1-2-7-12-8-10/h9-10,12H,1-8H2,(H2,13,14,15). The van der Waals surface area contributed by atoms with E-state index < -0.39 is 0 Å². The zero-order valence-electron chi connectivity index (χ0n) is 9.22. The molecule has 4 nitrogen and oxygen atoms in total. The zero-order valence-corrected chi connectivity index (χ0v) is 9.22. The highest BCUT2D eigenvalue weighted by Gasteiger charge is 2.21. The first-order valence-electron chi connectivity index (χ1n) is 6.12. The SMILES string of the molecule is O=C(NC1CCC1)NC1CCCCNC1. The average molecular weight is 211 g/mol. The van der Waals surface area contributed by atoms with Crippen LogP contribution in [0.1, 0.15) is 38.5 Å². The van der Waals surface area contributed by atoms with E-state index in [0.717, 1.165) is 32.4 Å². The van der Waals surface area contributed by atoms with Crippen LogP contribution in [0.5, 0.6) is 0 Å². The Morgan fingerprint density at radius 3 is 2.47 bits per heavy atom. The summed E-state index contributed by atoms with van der Waals surface area (Å²) in [4.78, 5) is 11.6. The smallest absolute Gasteiger partial charge is 0.315 e. The second-order valence-corrected chi connectivity index (χ2v) is 4.64. The normalized spacial score (nSPS) is 27.6. The van der Waals surface area contributed by atoms with Crippen LogP contribution in [0.25, 0.3) is 0 Å². The van der Waals surface area contributed by atoms with E-state index in [4.69, 9.17) is 0 Å². The van der Waals surface area contributed by atoms with E-state index >= 15 is 0 Å². The average Bonchev–Trinajstić information content (AvgIpc) is 2.40. The molecular formula is C11H21N3O. The van der Waals surface area contributed by atoms with Gasteiger partial charge in [-0.15, -0.1) is 0 Å². The first kappa shape index (κ1) is 10.7. The van der Waals surface area contributed by atoms with Crippen molar-refractivity contribution >= 4 is 6.03 Å². The molecule has 2 amide bonds. The molecule has 15 heavy (non-hydrogen) atoms. The molecule has 86 valence electrons. The van der Waals surface area contributed by atoms with E-state index in [9.17, 15) is 4.79 Å². The summed E-state index contributed by atoms with van der Waals surface area (Å²) in [6.07, 6.45) is 7.09. The molecule has 1 aliphatic heterocycles. The number of hydrogen-bond donors (Lipinski definition) is 3. The van der Waals surface area contributed by atoms with Gasteiger partial charge in [-0.1, -0.05) is 6.42 Å². The lowest BCUT2D eigenvalue weighted by molar-refractivity contribution is 0.224. The third kappa shape index (κ3) is 3.38. The van der Waals surface area contributed by atoms with Gasteiger partial charge in [0.05, 0.1) is 0 Å². The maximum atomic E-state index is 11.6. The number of hydrogen-bond acceptors (Lipinski definition) is 2. The lowest BCUT2D eigenvalue weighted by Crippen LogP contribution is -2.50. The minimum atomic E-state index is 0.0217. The first-order valence-corrected chi connectivity index (χ1v) is 6.12. The first-order chi connectivity index (χ1) is 7.34. The maximum absolute atomic E-state index is 11.6. The van der Waals surface area contributed by atoms with E-state index in [1.54, 1.807) is 0 Å². The van der Waals surface area contributed by atoms with Crippen LogP contribution in [0.15, 0.2) is 0 Å². The molecule has 0 radical (unpaired) electrons. The van der Waals surface area contributed by atoms with Crippen LogP contribution < -0.4 is 16.0 Å². The second kappa shape index (κ2) is 5.35. The van der Waals surface area contributed by atoms with Gasteiger partial charge in [0.15, 0.2) is 0 Å². The Hall–Kier alpha value is -0.770. The molecule has 1 saturated carbocycles. The van der Waals surface area contributed by atoms with Crippen LogP contribution in [0.3, 0.4) is 0 Å². The van der Waals surface area contributed by atoms with Gasteiger partial charge in [0.2, 0.25) is 0 Å². The summed E-state index contributed by atoms with van der Waals surface area (Å²) >= 11 is 0. The fourth-order valence-corrected chi connectivity index (χ4v) is 2.11. The highest BCUT2D eigenvalue weighted by Crippen LogP contribution is 2.17. The van der Waals surface area contributed by atoms with Gasteiger partial charge in [-0.2, -0.15) is 0 Å². The highest BCUT2D eigenvalue weighted by atomic mass is 16.2. The van der Waals surface area contributed by atoms with Gasteiger partial charge in [0.1, 0.15) is 0 Å². The summed E-state index contributed by atoms with van der Waals surface area (Å²) in [5.41, 5.74) is 0.